The summed E-state index contributed by atoms with van der Waals surface area (Å²) < 4.78 is 11.1. The molecule has 0 bridgehead atoms. The van der Waals surface area contributed by atoms with Gasteiger partial charge >= 0.3 is 12.0 Å². The number of methoxy groups -OCH3 is 2. The van der Waals surface area contributed by atoms with Crippen LogP contribution in [-0.4, -0.2) is 48.3 Å². The molecule has 2 amide bonds. The SMILES string of the molecule is COc1cc(C(C)N(CCCCc2ccccc2)C(=O)NC2(C(=O)O)CCCC2)cc(OC)c1C. The summed E-state index contributed by atoms with van der Waals surface area (Å²) in [5.74, 6) is 0.417. The van der Waals surface area contributed by atoms with Crippen molar-refractivity contribution in [2.24, 2.45) is 0 Å². The molecule has 1 unspecified atom stereocenters. The lowest BCUT2D eigenvalue weighted by Gasteiger charge is -2.34. The van der Waals surface area contributed by atoms with E-state index in [0.717, 1.165) is 43.2 Å². The van der Waals surface area contributed by atoms with E-state index in [4.69, 9.17) is 9.47 Å². The summed E-state index contributed by atoms with van der Waals surface area (Å²) in [6.07, 6.45) is 5.15. The van der Waals surface area contributed by atoms with Gasteiger partial charge in [0, 0.05) is 12.1 Å². The van der Waals surface area contributed by atoms with Crippen molar-refractivity contribution < 1.29 is 24.2 Å². The van der Waals surface area contributed by atoms with Crippen LogP contribution in [0, 0.1) is 6.92 Å². The summed E-state index contributed by atoms with van der Waals surface area (Å²) in [7, 11) is 3.22. The van der Waals surface area contributed by atoms with Gasteiger partial charge in [0.1, 0.15) is 17.0 Å². The summed E-state index contributed by atoms with van der Waals surface area (Å²) in [5.41, 5.74) is 1.83. The van der Waals surface area contributed by atoms with Gasteiger partial charge in [0.25, 0.3) is 0 Å². The van der Waals surface area contributed by atoms with Crippen LogP contribution < -0.4 is 14.8 Å². The maximum absolute atomic E-state index is 13.6. The number of nitrogens with one attached hydrogen (secondary N) is 1. The zero-order chi connectivity index (χ0) is 25.4. The van der Waals surface area contributed by atoms with Gasteiger partial charge in [-0.15, -0.1) is 0 Å². The topological polar surface area (TPSA) is 88.1 Å². The van der Waals surface area contributed by atoms with Gasteiger partial charge in [-0.05, 0) is 69.2 Å². The van der Waals surface area contributed by atoms with Crippen LogP contribution in [0.25, 0.3) is 0 Å². The predicted octanol–water partition coefficient (Wildman–Crippen LogP) is 5.51. The van der Waals surface area contributed by atoms with Gasteiger partial charge in [0.15, 0.2) is 0 Å². The van der Waals surface area contributed by atoms with Crippen molar-refractivity contribution in [1.29, 1.82) is 0 Å². The third kappa shape index (κ3) is 6.27. The molecule has 2 aromatic carbocycles. The number of rotatable bonds is 11. The number of amides is 2. The number of unbranched alkanes of at least 4 members (excludes halogenated alkanes) is 1. The van der Waals surface area contributed by atoms with E-state index in [1.165, 1.54) is 5.56 Å². The number of hydrogen-bond donors (Lipinski definition) is 2. The van der Waals surface area contributed by atoms with E-state index < -0.39 is 11.5 Å². The maximum atomic E-state index is 13.6. The van der Waals surface area contributed by atoms with E-state index in [0.29, 0.717) is 30.9 Å². The van der Waals surface area contributed by atoms with E-state index >= 15 is 0 Å². The highest BCUT2D eigenvalue weighted by molar-refractivity contribution is 5.86. The Bertz CT molecular complexity index is 977. The molecule has 0 aliphatic heterocycles. The zero-order valence-electron chi connectivity index (χ0n) is 21.3. The van der Waals surface area contributed by atoms with Gasteiger partial charge in [-0.1, -0.05) is 43.2 Å². The first-order valence-electron chi connectivity index (χ1n) is 12.4. The molecule has 7 nitrogen and oxygen atoms in total. The fraction of sp³-hybridized carbons (Fsp3) is 0.500. The van der Waals surface area contributed by atoms with E-state index in [2.05, 4.69) is 17.4 Å². The molecular weight excluding hydrogens is 444 g/mol. The van der Waals surface area contributed by atoms with E-state index in [1.54, 1.807) is 19.1 Å². The molecule has 0 spiro atoms. The van der Waals surface area contributed by atoms with Gasteiger partial charge in [-0.2, -0.15) is 0 Å². The molecule has 0 radical (unpaired) electrons. The lowest BCUT2D eigenvalue weighted by Crippen LogP contribution is -2.56. The summed E-state index contributed by atoms with van der Waals surface area (Å²) in [6.45, 7) is 4.40. The van der Waals surface area contributed by atoms with Crippen molar-refractivity contribution in [2.75, 3.05) is 20.8 Å². The van der Waals surface area contributed by atoms with Gasteiger partial charge < -0.3 is 24.8 Å². The highest BCUT2D eigenvalue weighted by Crippen LogP contribution is 2.35. The average molecular weight is 483 g/mol. The highest BCUT2D eigenvalue weighted by Gasteiger charge is 2.43. The van der Waals surface area contributed by atoms with Crippen LogP contribution in [0.3, 0.4) is 0 Å². The first kappa shape index (κ1) is 26.4. The van der Waals surface area contributed by atoms with E-state index in [9.17, 15) is 14.7 Å². The first-order valence-corrected chi connectivity index (χ1v) is 12.4. The lowest BCUT2D eigenvalue weighted by atomic mass is 9.98. The van der Waals surface area contributed by atoms with Crippen molar-refractivity contribution in [3.8, 4) is 11.5 Å². The number of aliphatic carboxylic acids is 1. The second-order valence-electron chi connectivity index (χ2n) is 9.39. The Morgan fingerprint density at radius 1 is 1.06 bits per heavy atom. The largest absolute Gasteiger partial charge is 0.496 e. The molecule has 0 aromatic heterocycles. The molecular formula is C28H38N2O5. The molecule has 2 aromatic rings. The number of hydrogen-bond acceptors (Lipinski definition) is 4. The molecule has 0 saturated heterocycles. The summed E-state index contributed by atoms with van der Waals surface area (Å²) in [6, 6.07) is 13.5. The molecule has 1 atom stereocenters. The monoisotopic (exact) mass is 482 g/mol. The van der Waals surface area contributed by atoms with Crippen LogP contribution in [0.1, 0.15) is 68.2 Å². The molecule has 1 saturated carbocycles. The Balaban J connectivity index is 1.82. The predicted molar refractivity (Wildman–Crippen MR) is 136 cm³/mol. The molecule has 2 N–H and O–H groups in total. The molecule has 7 heteroatoms. The zero-order valence-corrected chi connectivity index (χ0v) is 21.3. The minimum absolute atomic E-state index is 0.303. The van der Waals surface area contributed by atoms with Crippen LogP contribution in [-0.2, 0) is 11.2 Å². The number of carbonyl (C=O) groups excluding carboxylic acids is 1. The number of nitrogens with zero attached hydrogens (tertiary/aromatic N) is 1. The first-order chi connectivity index (χ1) is 16.8. The van der Waals surface area contributed by atoms with Crippen molar-refractivity contribution >= 4 is 12.0 Å². The quantitative estimate of drug-likeness (QED) is 0.413. The third-order valence-electron chi connectivity index (χ3n) is 7.16. The highest BCUT2D eigenvalue weighted by atomic mass is 16.5. The molecule has 1 aliphatic rings. The van der Waals surface area contributed by atoms with Crippen LogP contribution in [0.2, 0.25) is 0 Å². The lowest BCUT2D eigenvalue weighted by molar-refractivity contribution is -0.144. The normalized spacial score (nSPS) is 15.3. The summed E-state index contributed by atoms with van der Waals surface area (Å²) >= 11 is 0. The van der Waals surface area contributed by atoms with Gasteiger partial charge in [0.2, 0.25) is 0 Å². The van der Waals surface area contributed by atoms with Crippen LogP contribution in [0.4, 0.5) is 4.79 Å². The number of carbonyl (C=O) groups is 2. The molecule has 35 heavy (non-hydrogen) atoms. The Kier molecular flexibility index (Phi) is 9.01. The molecule has 1 fully saturated rings. The maximum Gasteiger partial charge on any atom is 0.329 e. The van der Waals surface area contributed by atoms with Gasteiger partial charge in [-0.25, -0.2) is 9.59 Å². The number of carboxylic acids is 1. The van der Waals surface area contributed by atoms with Gasteiger partial charge in [0.05, 0.1) is 20.3 Å². The van der Waals surface area contributed by atoms with Crippen molar-refractivity contribution in [2.45, 2.75) is 70.4 Å². The molecule has 1 aliphatic carbocycles. The van der Waals surface area contributed by atoms with Crippen LogP contribution >= 0.6 is 0 Å². The molecule has 0 heterocycles. The Labute approximate surface area is 208 Å². The fourth-order valence-electron chi connectivity index (χ4n) is 4.90. The van der Waals surface area contributed by atoms with Crippen molar-refractivity contribution in [3.63, 3.8) is 0 Å². The van der Waals surface area contributed by atoms with Crippen LogP contribution in [0.5, 0.6) is 11.5 Å². The smallest absolute Gasteiger partial charge is 0.329 e. The second kappa shape index (κ2) is 12.0. The number of aryl methyl sites for hydroxylation is 1. The summed E-state index contributed by atoms with van der Waals surface area (Å²) in [4.78, 5) is 27.4. The minimum atomic E-state index is -1.19. The Morgan fingerprint density at radius 2 is 1.66 bits per heavy atom. The number of ether oxygens (including phenoxy) is 2. The minimum Gasteiger partial charge on any atom is -0.496 e. The van der Waals surface area contributed by atoms with E-state index in [-0.39, 0.29) is 12.1 Å². The molecule has 190 valence electrons. The molecule has 3 rings (SSSR count). The summed E-state index contributed by atoms with van der Waals surface area (Å²) in [5, 5.41) is 12.8. The standard InChI is InChI=1S/C28H38N2O5/c1-20-24(34-3)18-23(19-25(20)35-4)21(2)30(17-11-8-14-22-12-6-5-7-13-22)27(33)29-28(26(31)32)15-9-10-16-28/h5-7,12-13,18-19,21H,8-11,14-17H2,1-4H3,(H,29,33)(H,31,32). The fourth-order valence-corrected chi connectivity index (χ4v) is 4.90. The second-order valence-corrected chi connectivity index (χ2v) is 9.39. The number of urea groups is 1. The van der Waals surface area contributed by atoms with Crippen molar-refractivity contribution in [1.82, 2.24) is 10.2 Å². The van der Waals surface area contributed by atoms with Crippen LogP contribution in [0.15, 0.2) is 42.5 Å². The van der Waals surface area contributed by atoms with E-state index in [1.807, 2.05) is 44.2 Å². The van der Waals surface area contributed by atoms with Crippen molar-refractivity contribution in [3.05, 3.63) is 59.2 Å². The average Bonchev–Trinajstić information content (AvgIpc) is 3.34. The Morgan fingerprint density at radius 3 is 2.20 bits per heavy atom. The van der Waals surface area contributed by atoms with Gasteiger partial charge in [-0.3, -0.25) is 0 Å². The number of carboxylic acid groups (broad SMARTS) is 1. The number of benzene rings is 2. The Hall–Kier alpha value is -3.22. The third-order valence-corrected chi connectivity index (χ3v) is 7.16.